The molecule has 0 saturated heterocycles. The fourth-order valence-corrected chi connectivity index (χ4v) is 2.69. The van der Waals surface area contributed by atoms with Gasteiger partial charge < -0.3 is 19.5 Å². The standard InChI is InChI=1S/C23H22N4O5/c1-30-19-6-4-3-5-18(19)26-22(28)15-32-20-8-7-16(13-21(20)31-2)14-25-27-23(29)17-9-11-24-12-10-17/h3-14H,15H2,1-2H3,(H,26,28)(H,27,29). The zero-order valence-electron chi connectivity index (χ0n) is 17.6. The number of carbonyl (C=O) groups excluding carboxylic acids is 2. The monoisotopic (exact) mass is 434 g/mol. The van der Waals surface area contributed by atoms with Crippen LogP contribution in [0.4, 0.5) is 5.69 Å². The van der Waals surface area contributed by atoms with Crippen LogP contribution in [0.5, 0.6) is 17.2 Å². The number of amides is 2. The highest BCUT2D eigenvalue weighted by atomic mass is 16.5. The number of ether oxygens (including phenoxy) is 3. The molecular weight excluding hydrogens is 412 g/mol. The second kappa shape index (κ2) is 11.1. The molecule has 0 fully saturated rings. The molecule has 1 heterocycles. The van der Waals surface area contributed by atoms with E-state index in [1.165, 1.54) is 32.8 Å². The van der Waals surface area contributed by atoms with Crippen molar-refractivity contribution in [1.82, 2.24) is 10.4 Å². The molecule has 3 rings (SSSR count). The SMILES string of the molecule is COc1ccccc1NC(=O)COc1ccc(C=NNC(=O)c2ccncc2)cc1OC. The van der Waals surface area contributed by atoms with Crippen molar-refractivity contribution >= 4 is 23.7 Å². The molecule has 0 aliphatic carbocycles. The number of rotatable bonds is 9. The van der Waals surface area contributed by atoms with Gasteiger partial charge in [0, 0.05) is 18.0 Å². The van der Waals surface area contributed by atoms with Gasteiger partial charge in [0.15, 0.2) is 18.1 Å². The average Bonchev–Trinajstić information content (AvgIpc) is 2.83. The first-order valence-electron chi connectivity index (χ1n) is 9.58. The van der Waals surface area contributed by atoms with Crippen molar-refractivity contribution < 1.29 is 23.8 Å². The summed E-state index contributed by atoms with van der Waals surface area (Å²) in [6, 6.07) is 15.3. The molecule has 1 aromatic heterocycles. The minimum Gasteiger partial charge on any atom is -0.495 e. The minimum atomic E-state index is -0.350. The number of hydrogen-bond donors (Lipinski definition) is 2. The van der Waals surface area contributed by atoms with Gasteiger partial charge in [-0.1, -0.05) is 12.1 Å². The van der Waals surface area contributed by atoms with Crippen molar-refractivity contribution in [2.24, 2.45) is 5.10 Å². The lowest BCUT2D eigenvalue weighted by atomic mass is 10.2. The summed E-state index contributed by atoms with van der Waals surface area (Å²) in [7, 11) is 3.02. The van der Waals surface area contributed by atoms with E-state index in [1.807, 2.05) is 6.07 Å². The van der Waals surface area contributed by atoms with Crippen LogP contribution in [-0.2, 0) is 4.79 Å². The number of benzene rings is 2. The molecule has 0 radical (unpaired) electrons. The molecule has 9 heteroatoms. The van der Waals surface area contributed by atoms with Crippen LogP contribution in [0.3, 0.4) is 0 Å². The van der Waals surface area contributed by atoms with Gasteiger partial charge in [-0.2, -0.15) is 5.10 Å². The van der Waals surface area contributed by atoms with Gasteiger partial charge >= 0.3 is 0 Å². The number of nitrogens with one attached hydrogen (secondary N) is 2. The fraction of sp³-hybridized carbons (Fsp3) is 0.130. The summed E-state index contributed by atoms with van der Waals surface area (Å²) in [6.45, 7) is -0.218. The van der Waals surface area contributed by atoms with E-state index in [4.69, 9.17) is 14.2 Å². The van der Waals surface area contributed by atoms with E-state index in [9.17, 15) is 9.59 Å². The Morgan fingerprint density at radius 2 is 1.72 bits per heavy atom. The zero-order valence-corrected chi connectivity index (χ0v) is 17.6. The number of nitrogens with zero attached hydrogens (tertiary/aromatic N) is 2. The Bertz CT molecular complexity index is 1100. The first kappa shape index (κ1) is 22.3. The van der Waals surface area contributed by atoms with E-state index in [-0.39, 0.29) is 18.4 Å². The number of hydrogen-bond acceptors (Lipinski definition) is 7. The van der Waals surface area contributed by atoms with Crippen molar-refractivity contribution in [3.8, 4) is 17.2 Å². The maximum absolute atomic E-state index is 12.2. The molecule has 2 aromatic carbocycles. The normalized spacial score (nSPS) is 10.4. The van der Waals surface area contributed by atoms with Crippen LogP contribution in [-0.4, -0.2) is 43.8 Å². The number of pyridine rings is 1. The third-order valence-electron chi connectivity index (χ3n) is 4.25. The molecule has 9 nitrogen and oxygen atoms in total. The Balaban J connectivity index is 1.57. The summed E-state index contributed by atoms with van der Waals surface area (Å²) < 4.78 is 16.1. The van der Waals surface area contributed by atoms with Gasteiger partial charge in [0.2, 0.25) is 0 Å². The summed E-state index contributed by atoms with van der Waals surface area (Å²) in [5.74, 6) is 0.663. The van der Waals surface area contributed by atoms with Crippen LogP contribution < -0.4 is 25.0 Å². The Kier molecular flexibility index (Phi) is 7.74. The lowest BCUT2D eigenvalue weighted by Gasteiger charge is -2.12. The van der Waals surface area contributed by atoms with E-state index in [2.05, 4.69) is 20.8 Å². The van der Waals surface area contributed by atoms with Crippen LogP contribution in [0.2, 0.25) is 0 Å². The molecule has 0 aliphatic heterocycles. The predicted octanol–water partition coefficient (Wildman–Crippen LogP) is 2.88. The molecule has 0 bridgehead atoms. The molecule has 3 aromatic rings. The molecule has 0 saturated carbocycles. The van der Waals surface area contributed by atoms with Gasteiger partial charge in [-0.15, -0.1) is 0 Å². The number of para-hydroxylation sites is 2. The van der Waals surface area contributed by atoms with Crippen molar-refractivity contribution in [3.05, 3.63) is 78.1 Å². The number of aromatic nitrogens is 1. The molecule has 0 unspecified atom stereocenters. The highest BCUT2D eigenvalue weighted by Crippen LogP contribution is 2.28. The van der Waals surface area contributed by atoms with Crippen molar-refractivity contribution in [3.63, 3.8) is 0 Å². The van der Waals surface area contributed by atoms with Gasteiger partial charge in [-0.25, -0.2) is 5.43 Å². The van der Waals surface area contributed by atoms with E-state index in [1.54, 1.807) is 48.5 Å². The number of methoxy groups -OCH3 is 2. The van der Waals surface area contributed by atoms with Crippen molar-refractivity contribution in [2.75, 3.05) is 26.1 Å². The van der Waals surface area contributed by atoms with E-state index >= 15 is 0 Å². The Morgan fingerprint density at radius 1 is 0.969 bits per heavy atom. The molecule has 164 valence electrons. The van der Waals surface area contributed by atoms with Crippen molar-refractivity contribution in [2.45, 2.75) is 0 Å². The third kappa shape index (κ3) is 6.05. The molecule has 2 amide bonds. The van der Waals surface area contributed by atoms with E-state index < -0.39 is 0 Å². The molecule has 2 N–H and O–H groups in total. The largest absolute Gasteiger partial charge is 0.495 e. The van der Waals surface area contributed by atoms with Gasteiger partial charge in [-0.05, 0) is 48.0 Å². The predicted molar refractivity (Wildman–Crippen MR) is 119 cm³/mol. The first-order valence-corrected chi connectivity index (χ1v) is 9.58. The molecule has 0 spiro atoms. The highest BCUT2D eigenvalue weighted by Gasteiger charge is 2.11. The van der Waals surface area contributed by atoms with Crippen LogP contribution in [0.25, 0.3) is 0 Å². The second-order valence-electron chi connectivity index (χ2n) is 6.38. The molecule has 0 atom stereocenters. The number of carbonyl (C=O) groups is 2. The summed E-state index contributed by atoms with van der Waals surface area (Å²) in [5, 5.41) is 6.68. The highest BCUT2D eigenvalue weighted by molar-refractivity contribution is 5.95. The summed E-state index contributed by atoms with van der Waals surface area (Å²) in [4.78, 5) is 28.1. The lowest BCUT2D eigenvalue weighted by Crippen LogP contribution is -2.20. The second-order valence-corrected chi connectivity index (χ2v) is 6.38. The van der Waals surface area contributed by atoms with Gasteiger partial charge in [0.1, 0.15) is 5.75 Å². The molecule has 0 aliphatic rings. The smallest absolute Gasteiger partial charge is 0.271 e. The Morgan fingerprint density at radius 3 is 2.47 bits per heavy atom. The Labute approximate surface area is 185 Å². The van der Waals surface area contributed by atoms with Crippen LogP contribution in [0.1, 0.15) is 15.9 Å². The van der Waals surface area contributed by atoms with Crippen LogP contribution in [0.15, 0.2) is 72.1 Å². The Hall–Kier alpha value is -4.40. The first-order chi connectivity index (χ1) is 15.6. The number of anilines is 1. The van der Waals surface area contributed by atoms with Crippen LogP contribution in [0, 0.1) is 0 Å². The van der Waals surface area contributed by atoms with Crippen LogP contribution >= 0.6 is 0 Å². The summed E-state index contributed by atoms with van der Waals surface area (Å²) >= 11 is 0. The summed E-state index contributed by atoms with van der Waals surface area (Å²) in [6.07, 6.45) is 4.53. The maximum atomic E-state index is 12.2. The third-order valence-corrected chi connectivity index (χ3v) is 4.25. The number of hydrazone groups is 1. The lowest BCUT2D eigenvalue weighted by molar-refractivity contribution is -0.118. The zero-order chi connectivity index (χ0) is 22.8. The summed E-state index contributed by atoms with van der Waals surface area (Å²) in [5.41, 5.74) is 4.11. The van der Waals surface area contributed by atoms with Crippen molar-refractivity contribution in [1.29, 1.82) is 0 Å². The average molecular weight is 434 g/mol. The fourth-order valence-electron chi connectivity index (χ4n) is 2.69. The molecular formula is C23H22N4O5. The van der Waals surface area contributed by atoms with Gasteiger partial charge in [0.25, 0.3) is 11.8 Å². The minimum absolute atomic E-state index is 0.218. The van der Waals surface area contributed by atoms with Gasteiger partial charge in [-0.3, -0.25) is 14.6 Å². The topological polar surface area (TPSA) is 111 Å². The van der Waals surface area contributed by atoms with E-state index in [0.29, 0.717) is 34.1 Å². The molecule has 32 heavy (non-hydrogen) atoms. The van der Waals surface area contributed by atoms with Gasteiger partial charge in [0.05, 0.1) is 26.1 Å². The van der Waals surface area contributed by atoms with E-state index in [0.717, 1.165) is 0 Å². The quantitative estimate of drug-likeness (QED) is 0.396. The maximum Gasteiger partial charge on any atom is 0.271 e.